The third kappa shape index (κ3) is 3.73. The number of benzene rings is 2. The molecule has 0 unspecified atom stereocenters. The Morgan fingerprint density at radius 2 is 1.91 bits per heavy atom. The third-order valence-electron chi connectivity index (χ3n) is 3.12. The molecule has 2 aromatic carbocycles. The van der Waals surface area contributed by atoms with Crippen LogP contribution in [-0.2, 0) is 10.0 Å². The minimum atomic E-state index is -3.93. The van der Waals surface area contributed by atoms with Gasteiger partial charge in [0.15, 0.2) is 0 Å². The van der Waals surface area contributed by atoms with Crippen LogP contribution in [0.5, 0.6) is 5.75 Å². The van der Waals surface area contributed by atoms with Gasteiger partial charge in [0.1, 0.15) is 11.6 Å². The van der Waals surface area contributed by atoms with Crippen LogP contribution in [0.25, 0.3) is 0 Å². The van der Waals surface area contributed by atoms with E-state index < -0.39 is 15.8 Å². The first kappa shape index (κ1) is 17.5. The van der Waals surface area contributed by atoms with E-state index in [1.54, 1.807) is 6.07 Å². The summed E-state index contributed by atoms with van der Waals surface area (Å²) in [6.07, 6.45) is 1.41. The Morgan fingerprint density at radius 1 is 1.26 bits per heavy atom. The van der Waals surface area contributed by atoms with Crippen molar-refractivity contribution in [3.63, 3.8) is 0 Å². The lowest BCUT2D eigenvalue weighted by Gasteiger charge is -2.23. The summed E-state index contributed by atoms with van der Waals surface area (Å²) in [5.74, 6) is -0.104. The molecule has 0 aliphatic carbocycles. The second kappa shape index (κ2) is 7.14. The summed E-state index contributed by atoms with van der Waals surface area (Å²) in [5.41, 5.74) is -0.0380. The number of rotatable bonds is 6. The molecule has 0 bridgehead atoms. The summed E-state index contributed by atoms with van der Waals surface area (Å²) < 4.78 is 46.4. The summed E-state index contributed by atoms with van der Waals surface area (Å²) in [5, 5.41) is 0. The molecule has 0 spiro atoms. The van der Waals surface area contributed by atoms with Gasteiger partial charge in [-0.1, -0.05) is 22.0 Å². The van der Waals surface area contributed by atoms with E-state index in [1.165, 1.54) is 49.6 Å². The summed E-state index contributed by atoms with van der Waals surface area (Å²) >= 11 is 3.15. The monoisotopic (exact) mass is 399 g/mol. The molecular formula is C16H15BrFNO3S. The fourth-order valence-corrected chi connectivity index (χ4v) is 3.78. The number of ether oxygens (including phenoxy) is 1. The lowest BCUT2D eigenvalue weighted by atomic mass is 10.3. The van der Waals surface area contributed by atoms with Crippen LogP contribution in [0.3, 0.4) is 0 Å². The van der Waals surface area contributed by atoms with Gasteiger partial charge >= 0.3 is 0 Å². The van der Waals surface area contributed by atoms with Crippen molar-refractivity contribution >= 4 is 31.6 Å². The quantitative estimate of drug-likeness (QED) is 0.690. The normalized spacial score (nSPS) is 11.1. The van der Waals surface area contributed by atoms with E-state index in [9.17, 15) is 12.8 Å². The van der Waals surface area contributed by atoms with E-state index in [2.05, 4.69) is 22.5 Å². The van der Waals surface area contributed by atoms with E-state index >= 15 is 0 Å². The van der Waals surface area contributed by atoms with Crippen molar-refractivity contribution in [2.75, 3.05) is 18.0 Å². The van der Waals surface area contributed by atoms with Crippen LogP contribution in [0, 0.1) is 5.82 Å². The minimum Gasteiger partial charge on any atom is -0.497 e. The first-order chi connectivity index (χ1) is 10.9. The maximum Gasteiger partial charge on any atom is 0.264 e. The highest BCUT2D eigenvalue weighted by molar-refractivity contribution is 9.10. The first-order valence-corrected chi connectivity index (χ1v) is 8.86. The molecule has 122 valence electrons. The van der Waals surface area contributed by atoms with Crippen molar-refractivity contribution in [3.05, 3.63) is 65.4 Å². The Kier molecular flexibility index (Phi) is 5.43. The molecular weight excluding hydrogens is 385 g/mol. The number of methoxy groups -OCH3 is 1. The third-order valence-corrected chi connectivity index (χ3v) is 5.41. The van der Waals surface area contributed by atoms with Gasteiger partial charge in [-0.05, 0) is 42.5 Å². The van der Waals surface area contributed by atoms with Crippen LogP contribution >= 0.6 is 15.9 Å². The molecule has 0 saturated heterocycles. The van der Waals surface area contributed by atoms with Crippen molar-refractivity contribution in [1.29, 1.82) is 0 Å². The van der Waals surface area contributed by atoms with E-state index in [-0.39, 0.29) is 17.1 Å². The second-order valence-corrected chi connectivity index (χ2v) is 7.37. The zero-order valence-corrected chi connectivity index (χ0v) is 14.8. The maximum atomic E-state index is 14.2. The zero-order valence-electron chi connectivity index (χ0n) is 12.4. The van der Waals surface area contributed by atoms with E-state index in [1.807, 2.05) is 0 Å². The molecule has 2 rings (SSSR count). The molecule has 0 saturated carbocycles. The van der Waals surface area contributed by atoms with Gasteiger partial charge in [-0.25, -0.2) is 12.8 Å². The molecule has 2 aromatic rings. The van der Waals surface area contributed by atoms with Crippen LogP contribution in [-0.4, -0.2) is 22.1 Å². The maximum absolute atomic E-state index is 14.2. The fourth-order valence-electron chi connectivity index (χ4n) is 2.00. The second-order valence-electron chi connectivity index (χ2n) is 4.60. The van der Waals surface area contributed by atoms with Gasteiger partial charge in [0.25, 0.3) is 10.0 Å². The molecule has 0 N–H and O–H groups in total. The number of anilines is 1. The molecule has 0 amide bonds. The minimum absolute atomic E-state index is 0.0380. The summed E-state index contributed by atoms with van der Waals surface area (Å²) in [6.45, 7) is 3.50. The van der Waals surface area contributed by atoms with Gasteiger partial charge in [-0.3, -0.25) is 4.31 Å². The van der Waals surface area contributed by atoms with Crippen LogP contribution in [0.15, 0.2) is 64.5 Å². The van der Waals surface area contributed by atoms with Crippen molar-refractivity contribution in [2.24, 2.45) is 0 Å². The van der Waals surface area contributed by atoms with Crippen molar-refractivity contribution in [3.8, 4) is 5.75 Å². The smallest absolute Gasteiger partial charge is 0.264 e. The molecule has 0 radical (unpaired) electrons. The first-order valence-electron chi connectivity index (χ1n) is 6.63. The standard InChI is InChI=1S/C16H15BrFNO3S/c1-3-10-19(16-9-4-12(17)11-15(16)18)23(20,21)14-7-5-13(22-2)6-8-14/h3-9,11H,1,10H2,2H3. The Labute approximate surface area is 143 Å². The van der Waals surface area contributed by atoms with Crippen LogP contribution in [0.1, 0.15) is 0 Å². The summed E-state index contributed by atoms with van der Waals surface area (Å²) in [4.78, 5) is 0.0440. The van der Waals surface area contributed by atoms with Crippen molar-refractivity contribution in [1.82, 2.24) is 0 Å². The highest BCUT2D eigenvalue weighted by Gasteiger charge is 2.26. The molecule has 0 heterocycles. The van der Waals surface area contributed by atoms with Crippen LogP contribution < -0.4 is 9.04 Å². The molecule has 0 aliphatic heterocycles. The SMILES string of the molecule is C=CCN(c1ccc(Br)cc1F)S(=O)(=O)c1ccc(OC)cc1. The molecule has 23 heavy (non-hydrogen) atoms. The van der Waals surface area contributed by atoms with Gasteiger partial charge < -0.3 is 4.74 Å². The summed E-state index contributed by atoms with van der Waals surface area (Å²) in [7, 11) is -2.43. The van der Waals surface area contributed by atoms with Gasteiger partial charge in [-0.2, -0.15) is 0 Å². The number of hydrogen-bond acceptors (Lipinski definition) is 3. The highest BCUT2D eigenvalue weighted by Crippen LogP contribution is 2.29. The zero-order chi connectivity index (χ0) is 17.0. The van der Waals surface area contributed by atoms with E-state index in [0.717, 1.165) is 4.31 Å². The summed E-state index contributed by atoms with van der Waals surface area (Å²) in [6, 6.07) is 10.1. The predicted molar refractivity (Wildman–Crippen MR) is 91.8 cm³/mol. The van der Waals surface area contributed by atoms with E-state index in [4.69, 9.17) is 4.74 Å². The van der Waals surface area contributed by atoms with Crippen molar-refractivity contribution in [2.45, 2.75) is 4.90 Å². The average Bonchev–Trinajstić information content (AvgIpc) is 2.53. The Morgan fingerprint density at radius 3 is 2.43 bits per heavy atom. The average molecular weight is 400 g/mol. The van der Waals surface area contributed by atoms with E-state index in [0.29, 0.717) is 10.2 Å². The molecule has 0 aliphatic rings. The van der Waals surface area contributed by atoms with Gasteiger partial charge in [0, 0.05) is 4.47 Å². The van der Waals surface area contributed by atoms with Gasteiger partial charge in [-0.15, -0.1) is 6.58 Å². The van der Waals surface area contributed by atoms with Crippen molar-refractivity contribution < 1.29 is 17.5 Å². The molecule has 4 nitrogen and oxygen atoms in total. The molecule has 0 aromatic heterocycles. The predicted octanol–water partition coefficient (Wildman–Crippen LogP) is 3.98. The molecule has 0 atom stereocenters. The number of nitrogens with zero attached hydrogens (tertiary/aromatic N) is 1. The lowest BCUT2D eigenvalue weighted by Crippen LogP contribution is -2.31. The highest BCUT2D eigenvalue weighted by atomic mass is 79.9. The number of sulfonamides is 1. The topological polar surface area (TPSA) is 46.6 Å². The number of halogens is 2. The Bertz CT molecular complexity index is 807. The molecule has 7 heteroatoms. The van der Waals surface area contributed by atoms with Crippen LogP contribution in [0.4, 0.5) is 10.1 Å². The van der Waals surface area contributed by atoms with Gasteiger partial charge in [0.05, 0.1) is 24.2 Å². The molecule has 0 fully saturated rings. The Hall–Kier alpha value is -1.86. The van der Waals surface area contributed by atoms with Crippen LogP contribution in [0.2, 0.25) is 0 Å². The Balaban J connectivity index is 2.51. The number of hydrogen-bond donors (Lipinski definition) is 0. The largest absolute Gasteiger partial charge is 0.497 e. The van der Waals surface area contributed by atoms with Gasteiger partial charge in [0.2, 0.25) is 0 Å². The fraction of sp³-hybridized carbons (Fsp3) is 0.125. The lowest BCUT2D eigenvalue weighted by molar-refractivity contribution is 0.414.